The molecule has 1 aromatic rings. The summed E-state index contributed by atoms with van der Waals surface area (Å²) >= 11 is 0. The van der Waals surface area contributed by atoms with E-state index < -0.39 is 26.5 Å². The molecule has 1 heterocycles. The van der Waals surface area contributed by atoms with E-state index in [1.54, 1.807) is 0 Å². The monoisotopic (exact) mass is 316 g/mol. The molecule has 21 heavy (non-hydrogen) atoms. The van der Waals surface area contributed by atoms with Gasteiger partial charge in [-0.25, -0.2) is 8.42 Å². The average molecular weight is 316 g/mol. The minimum atomic E-state index is -3.31. The average Bonchev–Trinajstić information content (AvgIpc) is 2.86. The van der Waals surface area contributed by atoms with Gasteiger partial charge < -0.3 is 9.63 Å². The lowest BCUT2D eigenvalue weighted by Gasteiger charge is -2.31. The summed E-state index contributed by atoms with van der Waals surface area (Å²) in [6, 6.07) is 0. The number of hydrogen-bond acceptors (Lipinski definition) is 6. The van der Waals surface area contributed by atoms with Gasteiger partial charge in [0.25, 0.3) is 0 Å². The Morgan fingerprint density at radius 1 is 1.38 bits per heavy atom. The van der Waals surface area contributed by atoms with Gasteiger partial charge in [-0.1, -0.05) is 24.4 Å². The molecule has 0 bridgehead atoms. The summed E-state index contributed by atoms with van der Waals surface area (Å²) in [6.07, 6.45) is 5.21. The van der Waals surface area contributed by atoms with Crippen LogP contribution in [0.4, 0.5) is 0 Å². The van der Waals surface area contributed by atoms with E-state index in [1.165, 1.54) is 6.92 Å². The van der Waals surface area contributed by atoms with Crippen LogP contribution in [0, 0.1) is 5.41 Å². The van der Waals surface area contributed by atoms with Crippen molar-refractivity contribution in [3.05, 3.63) is 11.7 Å². The molecule has 1 aromatic heterocycles. The fourth-order valence-electron chi connectivity index (χ4n) is 2.68. The predicted octanol–water partition coefficient (Wildman–Crippen LogP) is 1.75. The molecule has 0 saturated heterocycles. The topological polar surface area (TPSA) is 110 Å². The standard InChI is InChI=1S/C13H20N2O5S/c1-9(21(2,18)19)11-14-10(20-15-11)8-13(12(16)17)6-4-3-5-7-13/h9H,3-8H2,1-2H3,(H,16,17). The molecule has 0 spiro atoms. The molecule has 0 aromatic carbocycles. The Bertz CT molecular complexity index is 616. The summed E-state index contributed by atoms with van der Waals surface area (Å²) in [6.45, 7) is 1.48. The lowest BCUT2D eigenvalue weighted by Crippen LogP contribution is -2.35. The highest BCUT2D eigenvalue weighted by Gasteiger charge is 2.41. The molecular formula is C13H20N2O5S. The van der Waals surface area contributed by atoms with Crippen molar-refractivity contribution in [3.63, 3.8) is 0 Å². The zero-order chi connectivity index (χ0) is 15.7. The van der Waals surface area contributed by atoms with Gasteiger partial charge in [-0.15, -0.1) is 0 Å². The summed E-state index contributed by atoms with van der Waals surface area (Å²) in [5.74, 6) is -0.563. The van der Waals surface area contributed by atoms with E-state index in [9.17, 15) is 18.3 Å². The first-order valence-electron chi connectivity index (χ1n) is 6.99. The van der Waals surface area contributed by atoms with E-state index in [1.807, 2.05) is 0 Å². The van der Waals surface area contributed by atoms with E-state index in [2.05, 4.69) is 10.1 Å². The van der Waals surface area contributed by atoms with E-state index in [0.717, 1.165) is 25.5 Å². The molecule has 0 amide bonds. The van der Waals surface area contributed by atoms with Crippen LogP contribution >= 0.6 is 0 Å². The second-order valence-electron chi connectivity index (χ2n) is 5.84. The maximum absolute atomic E-state index is 11.6. The van der Waals surface area contributed by atoms with Crippen LogP contribution in [0.5, 0.6) is 0 Å². The van der Waals surface area contributed by atoms with Crippen molar-refractivity contribution in [2.75, 3.05) is 6.26 Å². The summed E-state index contributed by atoms with van der Waals surface area (Å²) in [7, 11) is -3.31. The molecule has 1 fully saturated rings. The highest BCUT2D eigenvalue weighted by atomic mass is 32.2. The largest absolute Gasteiger partial charge is 0.481 e. The number of aromatic nitrogens is 2. The lowest BCUT2D eigenvalue weighted by molar-refractivity contribution is -0.151. The first kappa shape index (κ1) is 15.9. The quantitative estimate of drug-likeness (QED) is 0.881. The normalized spacial score (nSPS) is 20.1. The number of rotatable bonds is 5. The number of nitrogens with zero attached hydrogens (tertiary/aromatic N) is 2. The maximum Gasteiger partial charge on any atom is 0.310 e. The van der Waals surface area contributed by atoms with Crippen LogP contribution in [0.1, 0.15) is 56.0 Å². The third kappa shape index (κ3) is 3.42. The highest BCUT2D eigenvalue weighted by Crippen LogP contribution is 2.39. The summed E-state index contributed by atoms with van der Waals surface area (Å²) < 4.78 is 28.0. The fourth-order valence-corrected chi connectivity index (χ4v) is 3.16. The van der Waals surface area contributed by atoms with Gasteiger partial charge >= 0.3 is 5.97 Å². The Morgan fingerprint density at radius 3 is 2.52 bits per heavy atom. The molecule has 1 aliphatic carbocycles. The third-order valence-electron chi connectivity index (χ3n) is 4.24. The van der Waals surface area contributed by atoms with Crippen LogP contribution in [0.25, 0.3) is 0 Å². The number of carbonyl (C=O) groups is 1. The van der Waals surface area contributed by atoms with E-state index in [-0.39, 0.29) is 18.1 Å². The first-order valence-corrected chi connectivity index (χ1v) is 8.95. The molecule has 1 N–H and O–H groups in total. The molecule has 118 valence electrons. The Morgan fingerprint density at radius 2 is 2.00 bits per heavy atom. The van der Waals surface area contributed by atoms with Crippen LogP contribution in [0.15, 0.2) is 4.52 Å². The zero-order valence-electron chi connectivity index (χ0n) is 12.2. The molecule has 0 radical (unpaired) electrons. The number of carboxylic acids is 1. The zero-order valence-corrected chi connectivity index (χ0v) is 13.0. The van der Waals surface area contributed by atoms with Crippen LogP contribution in [-0.2, 0) is 21.1 Å². The summed E-state index contributed by atoms with van der Waals surface area (Å²) in [4.78, 5) is 15.7. The summed E-state index contributed by atoms with van der Waals surface area (Å²) in [5, 5.41) is 12.3. The van der Waals surface area contributed by atoms with Gasteiger partial charge in [0.2, 0.25) is 5.89 Å². The van der Waals surface area contributed by atoms with Crippen molar-refractivity contribution in [2.45, 2.75) is 50.7 Å². The second-order valence-corrected chi connectivity index (χ2v) is 8.21. The number of sulfone groups is 1. The molecule has 0 aliphatic heterocycles. The van der Waals surface area contributed by atoms with Gasteiger partial charge in [0.15, 0.2) is 15.7 Å². The molecule has 1 atom stereocenters. The van der Waals surface area contributed by atoms with Crippen molar-refractivity contribution < 1.29 is 22.8 Å². The van der Waals surface area contributed by atoms with Crippen molar-refractivity contribution in [3.8, 4) is 0 Å². The molecule has 8 heteroatoms. The Labute approximate surface area is 123 Å². The van der Waals surface area contributed by atoms with Gasteiger partial charge in [-0.2, -0.15) is 4.98 Å². The Hall–Kier alpha value is -1.44. The predicted molar refractivity (Wildman–Crippen MR) is 74.4 cm³/mol. The van der Waals surface area contributed by atoms with Gasteiger partial charge in [-0.05, 0) is 19.8 Å². The van der Waals surface area contributed by atoms with E-state index in [0.29, 0.717) is 12.8 Å². The molecule has 1 unspecified atom stereocenters. The van der Waals surface area contributed by atoms with Crippen molar-refractivity contribution in [2.24, 2.45) is 5.41 Å². The van der Waals surface area contributed by atoms with Crippen molar-refractivity contribution >= 4 is 15.8 Å². The van der Waals surface area contributed by atoms with Gasteiger partial charge in [0.1, 0.15) is 5.25 Å². The van der Waals surface area contributed by atoms with Gasteiger partial charge in [0, 0.05) is 12.7 Å². The number of carboxylic acid groups (broad SMARTS) is 1. The van der Waals surface area contributed by atoms with Crippen LogP contribution in [0.3, 0.4) is 0 Å². The molecule has 1 saturated carbocycles. The molecule has 1 aliphatic rings. The summed E-state index contributed by atoms with van der Waals surface area (Å²) in [5.41, 5.74) is -0.865. The SMILES string of the molecule is CC(c1noc(CC2(C(=O)O)CCCCC2)n1)S(C)(=O)=O. The fraction of sp³-hybridized carbons (Fsp3) is 0.769. The Balaban J connectivity index is 2.20. The maximum atomic E-state index is 11.6. The van der Waals surface area contributed by atoms with E-state index in [4.69, 9.17) is 4.52 Å². The minimum Gasteiger partial charge on any atom is -0.481 e. The first-order chi connectivity index (χ1) is 9.74. The van der Waals surface area contributed by atoms with Crippen LogP contribution in [-0.4, -0.2) is 35.9 Å². The van der Waals surface area contributed by atoms with Crippen molar-refractivity contribution in [1.29, 1.82) is 0 Å². The molecule has 7 nitrogen and oxygen atoms in total. The minimum absolute atomic E-state index is 0.0869. The molecular weight excluding hydrogens is 296 g/mol. The highest BCUT2D eigenvalue weighted by molar-refractivity contribution is 7.90. The van der Waals surface area contributed by atoms with Gasteiger partial charge in [0.05, 0.1) is 5.41 Å². The van der Waals surface area contributed by atoms with Crippen molar-refractivity contribution in [1.82, 2.24) is 10.1 Å². The second kappa shape index (κ2) is 5.75. The van der Waals surface area contributed by atoms with Crippen LogP contribution in [0.2, 0.25) is 0 Å². The Kier molecular flexibility index (Phi) is 4.36. The van der Waals surface area contributed by atoms with Gasteiger partial charge in [-0.3, -0.25) is 4.79 Å². The number of hydrogen-bond donors (Lipinski definition) is 1. The van der Waals surface area contributed by atoms with Crippen LogP contribution < -0.4 is 0 Å². The lowest BCUT2D eigenvalue weighted by atomic mass is 9.72. The number of aliphatic carboxylic acids is 1. The van der Waals surface area contributed by atoms with E-state index >= 15 is 0 Å². The molecule has 2 rings (SSSR count). The smallest absolute Gasteiger partial charge is 0.310 e. The third-order valence-corrected chi connectivity index (χ3v) is 5.74.